The van der Waals surface area contributed by atoms with Crippen LogP contribution in [0.25, 0.3) is 16.9 Å². The highest BCUT2D eigenvalue weighted by atomic mass is 35.5. The number of aromatic nitrogens is 2. The molecule has 1 heterocycles. The molecule has 0 saturated heterocycles. The van der Waals surface area contributed by atoms with Crippen molar-refractivity contribution in [3.8, 4) is 16.9 Å². The van der Waals surface area contributed by atoms with Crippen molar-refractivity contribution in [2.24, 2.45) is 5.92 Å². The molecule has 0 spiro atoms. The Bertz CT molecular complexity index is 1140. The zero-order valence-corrected chi connectivity index (χ0v) is 18.6. The molecule has 2 aromatic carbocycles. The summed E-state index contributed by atoms with van der Waals surface area (Å²) in [6, 6.07) is 13.6. The van der Waals surface area contributed by atoms with Crippen molar-refractivity contribution in [3.63, 3.8) is 0 Å². The van der Waals surface area contributed by atoms with Crippen LogP contribution in [-0.4, -0.2) is 33.4 Å². The van der Waals surface area contributed by atoms with Crippen LogP contribution < -0.4 is 10.9 Å². The van der Waals surface area contributed by atoms with Crippen LogP contribution in [0.2, 0.25) is 5.02 Å². The number of aliphatic hydroxyl groups excluding tert-OH is 1. The monoisotopic (exact) mass is 457 g/mol. The fraction of sp³-hybridized carbons (Fsp3) is 0.292. The van der Waals surface area contributed by atoms with Gasteiger partial charge in [-0.3, -0.25) is 9.59 Å². The van der Waals surface area contributed by atoms with Crippen LogP contribution in [0.3, 0.4) is 0 Å². The molecule has 0 aliphatic carbocycles. The molecule has 0 unspecified atom stereocenters. The molecule has 1 atom stereocenters. The number of nitrogens with one attached hydrogen (secondary N) is 1. The molecule has 3 aromatic rings. The number of rotatable bonds is 8. The van der Waals surface area contributed by atoms with Gasteiger partial charge in [-0.1, -0.05) is 56.5 Å². The van der Waals surface area contributed by atoms with E-state index < -0.39 is 23.4 Å². The maximum atomic E-state index is 13.8. The Morgan fingerprint density at radius 2 is 1.84 bits per heavy atom. The Morgan fingerprint density at radius 1 is 1.16 bits per heavy atom. The number of hydrogen-bond donors (Lipinski definition) is 2. The third kappa shape index (κ3) is 5.41. The van der Waals surface area contributed by atoms with Gasteiger partial charge in [-0.05, 0) is 42.3 Å². The minimum atomic E-state index is -0.725. The molecule has 6 nitrogen and oxygen atoms in total. The van der Waals surface area contributed by atoms with Crippen molar-refractivity contribution in [1.29, 1.82) is 0 Å². The molecule has 168 valence electrons. The summed E-state index contributed by atoms with van der Waals surface area (Å²) in [5, 5.41) is 17.8. The summed E-state index contributed by atoms with van der Waals surface area (Å²) in [5.41, 5.74) is 0.313. The van der Waals surface area contributed by atoms with Crippen LogP contribution in [0, 0.1) is 11.7 Å². The van der Waals surface area contributed by atoms with Gasteiger partial charge in [0.15, 0.2) is 0 Å². The number of hydrogen-bond acceptors (Lipinski definition) is 4. The number of nitrogens with zero attached hydrogens (tertiary/aromatic N) is 2. The van der Waals surface area contributed by atoms with Crippen LogP contribution in [0.15, 0.2) is 59.4 Å². The standard InChI is InChI=1S/C24H25ClFN3O3/c1-3-15(4-2)22(30)14-27-23(31)20-13-21(16-8-10-17(25)11-9-16)28-29(24(20)32)19-7-5-6-18(26)12-19/h5-13,15,22,30H,3-4,14H2,1-2H3,(H,27,31)/t22-/m0/s1. The van der Waals surface area contributed by atoms with Gasteiger partial charge >= 0.3 is 0 Å². The predicted octanol–water partition coefficient (Wildman–Crippen LogP) is 4.22. The van der Waals surface area contributed by atoms with Crippen molar-refractivity contribution in [1.82, 2.24) is 15.1 Å². The summed E-state index contributed by atoms with van der Waals surface area (Å²) < 4.78 is 14.8. The third-order valence-corrected chi connectivity index (χ3v) is 5.67. The number of halogens is 2. The fourth-order valence-corrected chi connectivity index (χ4v) is 3.62. The molecule has 0 aliphatic rings. The summed E-state index contributed by atoms with van der Waals surface area (Å²) in [6.45, 7) is 3.96. The van der Waals surface area contributed by atoms with Gasteiger partial charge in [0.2, 0.25) is 0 Å². The second-order valence-corrected chi connectivity index (χ2v) is 7.94. The van der Waals surface area contributed by atoms with Gasteiger partial charge in [0.25, 0.3) is 11.5 Å². The summed E-state index contributed by atoms with van der Waals surface area (Å²) in [7, 11) is 0. The molecular formula is C24H25ClFN3O3. The Balaban J connectivity index is 2.03. The molecule has 0 bridgehead atoms. The van der Waals surface area contributed by atoms with Gasteiger partial charge in [0.05, 0.1) is 17.5 Å². The smallest absolute Gasteiger partial charge is 0.284 e. The van der Waals surface area contributed by atoms with Crippen LogP contribution in [0.5, 0.6) is 0 Å². The molecule has 1 aromatic heterocycles. The largest absolute Gasteiger partial charge is 0.391 e. The zero-order valence-electron chi connectivity index (χ0n) is 17.9. The quantitative estimate of drug-likeness (QED) is 0.530. The number of carbonyl (C=O) groups is 1. The molecule has 32 heavy (non-hydrogen) atoms. The lowest BCUT2D eigenvalue weighted by atomic mass is 9.96. The number of amides is 1. The van der Waals surface area contributed by atoms with E-state index in [4.69, 9.17) is 11.6 Å². The van der Waals surface area contributed by atoms with Gasteiger partial charge in [-0.2, -0.15) is 9.78 Å². The molecule has 2 N–H and O–H groups in total. The van der Waals surface area contributed by atoms with Gasteiger partial charge in [-0.15, -0.1) is 0 Å². The maximum absolute atomic E-state index is 13.8. The first kappa shape index (κ1) is 23.6. The van der Waals surface area contributed by atoms with Crippen LogP contribution in [0.4, 0.5) is 4.39 Å². The Kier molecular flexibility index (Phi) is 7.77. The third-order valence-electron chi connectivity index (χ3n) is 5.41. The minimum absolute atomic E-state index is 0.0170. The van der Waals surface area contributed by atoms with Gasteiger partial charge in [0.1, 0.15) is 11.4 Å². The minimum Gasteiger partial charge on any atom is -0.391 e. The predicted molar refractivity (Wildman–Crippen MR) is 123 cm³/mol. The molecule has 8 heteroatoms. The van der Waals surface area contributed by atoms with Crippen LogP contribution >= 0.6 is 11.6 Å². The second-order valence-electron chi connectivity index (χ2n) is 7.50. The van der Waals surface area contributed by atoms with Gasteiger partial charge in [-0.25, -0.2) is 4.39 Å². The number of benzene rings is 2. The van der Waals surface area contributed by atoms with E-state index in [0.29, 0.717) is 16.3 Å². The van der Waals surface area contributed by atoms with E-state index in [1.54, 1.807) is 24.3 Å². The summed E-state index contributed by atoms with van der Waals surface area (Å²) in [6.07, 6.45) is 0.822. The highest BCUT2D eigenvalue weighted by molar-refractivity contribution is 6.30. The summed E-state index contributed by atoms with van der Waals surface area (Å²) in [5.74, 6) is -1.13. The molecule has 1 amide bonds. The van der Waals surface area contributed by atoms with Crippen molar-refractivity contribution in [3.05, 3.63) is 81.4 Å². The SMILES string of the molecule is CCC(CC)[C@@H](O)CNC(=O)c1cc(-c2ccc(Cl)cc2)nn(-c2cccc(F)c2)c1=O. The summed E-state index contributed by atoms with van der Waals surface area (Å²) >= 11 is 5.97. The van der Waals surface area contributed by atoms with Crippen molar-refractivity contribution in [2.45, 2.75) is 32.8 Å². The first-order valence-corrected chi connectivity index (χ1v) is 10.8. The van der Waals surface area contributed by atoms with E-state index in [0.717, 1.165) is 17.5 Å². The molecule has 3 rings (SSSR count). The average molecular weight is 458 g/mol. The van der Waals surface area contributed by atoms with E-state index in [9.17, 15) is 19.1 Å². The normalized spacial score (nSPS) is 12.1. The first-order chi connectivity index (χ1) is 15.3. The van der Waals surface area contributed by atoms with E-state index in [1.165, 1.54) is 30.3 Å². The van der Waals surface area contributed by atoms with E-state index in [-0.39, 0.29) is 23.7 Å². The van der Waals surface area contributed by atoms with Crippen LogP contribution in [0.1, 0.15) is 37.0 Å². The van der Waals surface area contributed by atoms with E-state index in [1.807, 2.05) is 13.8 Å². The Labute approximate surface area is 190 Å². The Morgan fingerprint density at radius 3 is 2.47 bits per heavy atom. The Hall–Kier alpha value is -3.03. The molecule has 0 aliphatic heterocycles. The van der Waals surface area contributed by atoms with E-state index >= 15 is 0 Å². The summed E-state index contributed by atoms with van der Waals surface area (Å²) in [4.78, 5) is 26.0. The lowest BCUT2D eigenvalue weighted by Gasteiger charge is -2.20. The molecule has 0 radical (unpaired) electrons. The van der Waals surface area contributed by atoms with Crippen molar-refractivity contribution in [2.75, 3.05) is 6.54 Å². The number of carbonyl (C=O) groups excluding carboxylic acids is 1. The lowest BCUT2D eigenvalue weighted by molar-refractivity contribution is 0.0815. The molecular weight excluding hydrogens is 433 g/mol. The average Bonchev–Trinajstić information content (AvgIpc) is 2.79. The zero-order chi connectivity index (χ0) is 23.3. The van der Waals surface area contributed by atoms with Gasteiger partial charge in [0, 0.05) is 17.1 Å². The van der Waals surface area contributed by atoms with Gasteiger partial charge < -0.3 is 10.4 Å². The van der Waals surface area contributed by atoms with Crippen molar-refractivity contribution < 1.29 is 14.3 Å². The van der Waals surface area contributed by atoms with Crippen LogP contribution in [-0.2, 0) is 0 Å². The lowest BCUT2D eigenvalue weighted by Crippen LogP contribution is -2.39. The second kappa shape index (κ2) is 10.5. The van der Waals surface area contributed by atoms with Crippen molar-refractivity contribution >= 4 is 17.5 Å². The molecule has 0 saturated carbocycles. The topological polar surface area (TPSA) is 84.2 Å². The van der Waals surface area contributed by atoms with E-state index in [2.05, 4.69) is 10.4 Å². The highest BCUT2D eigenvalue weighted by Gasteiger charge is 2.20. The maximum Gasteiger partial charge on any atom is 0.284 e. The molecule has 0 fully saturated rings. The highest BCUT2D eigenvalue weighted by Crippen LogP contribution is 2.21. The number of aliphatic hydroxyl groups is 1. The first-order valence-electron chi connectivity index (χ1n) is 10.5. The fourth-order valence-electron chi connectivity index (χ4n) is 3.49.